The first-order chi connectivity index (χ1) is 14.6. The Bertz CT molecular complexity index is 1270. The summed E-state index contributed by atoms with van der Waals surface area (Å²) in [4.78, 5) is 18.0. The summed E-state index contributed by atoms with van der Waals surface area (Å²) in [6, 6.07) is 24.1. The van der Waals surface area contributed by atoms with E-state index in [4.69, 9.17) is 0 Å². The Labute approximate surface area is 179 Å². The fraction of sp³-hybridized carbons (Fsp3) is 0.0800. The minimum Gasteiger partial charge on any atom is -0.297 e. The molecule has 4 nitrogen and oxygen atoms in total. The second-order valence-electron chi connectivity index (χ2n) is 6.99. The molecular weight excluding hydrogens is 390 g/mol. The van der Waals surface area contributed by atoms with Crippen molar-refractivity contribution in [2.45, 2.75) is 13.3 Å². The van der Waals surface area contributed by atoms with Crippen molar-refractivity contribution in [3.8, 4) is 6.07 Å². The summed E-state index contributed by atoms with van der Waals surface area (Å²) in [5.41, 5.74) is 3.29. The lowest BCUT2D eigenvalue weighted by Gasteiger charge is -2.04. The zero-order valence-corrected chi connectivity index (χ0v) is 17.2. The van der Waals surface area contributed by atoms with Crippen LogP contribution in [0.15, 0.2) is 78.5 Å². The third-order valence-electron chi connectivity index (χ3n) is 4.76. The molecule has 0 aliphatic rings. The molecule has 4 aromatic rings. The molecule has 0 spiro atoms. The summed E-state index contributed by atoms with van der Waals surface area (Å²) >= 11 is 1.42. The van der Waals surface area contributed by atoms with Crippen molar-refractivity contribution in [3.63, 3.8) is 0 Å². The lowest BCUT2D eigenvalue weighted by molar-refractivity contribution is -0.112. The monoisotopic (exact) mass is 409 g/mol. The number of thiazole rings is 1. The van der Waals surface area contributed by atoms with Gasteiger partial charge in [-0.05, 0) is 34.9 Å². The number of nitriles is 1. The molecule has 3 aromatic carbocycles. The van der Waals surface area contributed by atoms with Crippen LogP contribution in [0.3, 0.4) is 0 Å². The first kappa shape index (κ1) is 19.6. The van der Waals surface area contributed by atoms with Gasteiger partial charge in [0.05, 0.1) is 0 Å². The highest BCUT2D eigenvalue weighted by Crippen LogP contribution is 2.24. The van der Waals surface area contributed by atoms with Gasteiger partial charge in [-0.15, -0.1) is 11.3 Å². The predicted molar refractivity (Wildman–Crippen MR) is 122 cm³/mol. The molecule has 146 valence electrons. The predicted octanol–water partition coefficient (Wildman–Crippen LogP) is 5.74. The molecule has 0 bridgehead atoms. The van der Waals surface area contributed by atoms with E-state index in [1.54, 1.807) is 12.3 Å². The Morgan fingerprint density at radius 1 is 1.10 bits per heavy atom. The van der Waals surface area contributed by atoms with Crippen molar-refractivity contribution in [3.05, 3.63) is 100 Å². The van der Waals surface area contributed by atoms with E-state index in [2.05, 4.69) is 41.5 Å². The number of carbonyl (C=O) groups excluding carboxylic acids is 1. The van der Waals surface area contributed by atoms with Crippen LogP contribution in [0.2, 0.25) is 0 Å². The molecule has 4 rings (SSSR count). The van der Waals surface area contributed by atoms with Crippen LogP contribution in [0.5, 0.6) is 0 Å². The fourth-order valence-electron chi connectivity index (χ4n) is 3.20. The largest absolute Gasteiger partial charge is 0.297 e. The van der Waals surface area contributed by atoms with Crippen molar-refractivity contribution < 1.29 is 4.79 Å². The standard InChI is InChI=1S/C25H19N3OS/c1-17-9-11-18(12-10-17)13-22-16-27-25(30-22)28-24(29)21(15-26)14-20-7-4-6-19-5-2-3-8-23(19)20/h2-12,14,16H,13H2,1H3,(H,27,28,29)/b21-14+. The molecule has 0 unspecified atom stereocenters. The smallest absolute Gasteiger partial charge is 0.268 e. The van der Waals surface area contributed by atoms with E-state index in [-0.39, 0.29) is 5.57 Å². The normalized spacial score (nSPS) is 11.3. The summed E-state index contributed by atoms with van der Waals surface area (Å²) in [7, 11) is 0. The third kappa shape index (κ3) is 4.45. The Kier molecular flexibility index (Phi) is 5.69. The Hall–Kier alpha value is -3.75. The molecule has 5 heteroatoms. The molecular formula is C25H19N3OS. The minimum absolute atomic E-state index is 0.0432. The third-order valence-corrected chi connectivity index (χ3v) is 5.67. The second-order valence-corrected chi connectivity index (χ2v) is 8.10. The van der Waals surface area contributed by atoms with Gasteiger partial charge in [0.1, 0.15) is 11.6 Å². The summed E-state index contributed by atoms with van der Waals surface area (Å²) in [5.74, 6) is -0.457. The van der Waals surface area contributed by atoms with Crippen molar-refractivity contribution in [2.75, 3.05) is 5.32 Å². The van der Waals surface area contributed by atoms with E-state index in [1.807, 2.05) is 48.5 Å². The highest BCUT2D eigenvalue weighted by molar-refractivity contribution is 7.15. The van der Waals surface area contributed by atoms with Crippen LogP contribution in [0.25, 0.3) is 16.8 Å². The number of anilines is 1. The van der Waals surface area contributed by atoms with Gasteiger partial charge in [0, 0.05) is 17.5 Å². The number of hydrogen-bond acceptors (Lipinski definition) is 4. The SMILES string of the molecule is Cc1ccc(Cc2cnc(NC(=O)/C(C#N)=C/c3cccc4ccccc34)s2)cc1. The van der Waals surface area contributed by atoms with Gasteiger partial charge >= 0.3 is 0 Å². The average molecular weight is 410 g/mol. The Balaban J connectivity index is 1.51. The first-order valence-corrected chi connectivity index (χ1v) is 10.4. The van der Waals surface area contributed by atoms with E-state index in [0.717, 1.165) is 27.6 Å². The number of rotatable bonds is 5. The average Bonchev–Trinajstić information content (AvgIpc) is 3.20. The maximum atomic E-state index is 12.7. The zero-order valence-electron chi connectivity index (χ0n) is 16.4. The molecule has 0 aliphatic heterocycles. The van der Waals surface area contributed by atoms with Gasteiger partial charge in [-0.1, -0.05) is 72.3 Å². The summed E-state index contributed by atoms with van der Waals surface area (Å²) in [6.45, 7) is 2.06. The van der Waals surface area contributed by atoms with Gasteiger partial charge in [0.15, 0.2) is 5.13 Å². The fourth-order valence-corrected chi connectivity index (χ4v) is 4.04. The molecule has 1 aromatic heterocycles. The van der Waals surface area contributed by atoms with Crippen LogP contribution in [0.1, 0.15) is 21.6 Å². The summed E-state index contributed by atoms with van der Waals surface area (Å²) < 4.78 is 0. The number of carbonyl (C=O) groups is 1. The first-order valence-electron chi connectivity index (χ1n) is 9.53. The number of hydrogen-bond donors (Lipinski definition) is 1. The van der Waals surface area contributed by atoms with Gasteiger partial charge in [0.2, 0.25) is 0 Å². The number of aryl methyl sites for hydroxylation is 1. The molecule has 1 heterocycles. The minimum atomic E-state index is -0.457. The molecule has 0 aliphatic carbocycles. The Morgan fingerprint density at radius 3 is 2.67 bits per heavy atom. The summed E-state index contributed by atoms with van der Waals surface area (Å²) in [5, 5.41) is 14.8. The van der Waals surface area contributed by atoms with Crippen LogP contribution in [0, 0.1) is 18.3 Å². The molecule has 0 radical (unpaired) electrons. The van der Waals surface area contributed by atoms with Gasteiger partial charge < -0.3 is 0 Å². The van der Waals surface area contributed by atoms with Crippen LogP contribution in [-0.4, -0.2) is 10.9 Å². The number of aromatic nitrogens is 1. The lowest BCUT2D eigenvalue weighted by Crippen LogP contribution is -2.13. The van der Waals surface area contributed by atoms with Gasteiger partial charge in [-0.25, -0.2) is 4.98 Å². The highest BCUT2D eigenvalue weighted by atomic mass is 32.1. The van der Waals surface area contributed by atoms with E-state index in [0.29, 0.717) is 5.13 Å². The molecule has 1 amide bonds. The maximum Gasteiger partial charge on any atom is 0.268 e. The Morgan fingerprint density at radius 2 is 1.87 bits per heavy atom. The van der Waals surface area contributed by atoms with E-state index in [1.165, 1.54) is 22.5 Å². The maximum absolute atomic E-state index is 12.7. The summed E-state index contributed by atoms with van der Waals surface area (Å²) in [6.07, 6.45) is 4.14. The number of nitrogens with zero attached hydrogens (tertiary/aromatic N) is 2. The van der Waals surface area contributed by atoms with Crippen LogP contribution in [-0.2, 0) is 11.2 Å². The highest BCUT2D eigenvalue weighted by Gasteiger charge is 2.13. The lowest BCUT2D eigenvalue weighted by atomic mass is 10.0. The van der Waals surface area contributed by atoms with E-state index in [9.17, 15) is 10.1 Å². The van der Waals surface area contributed by atoms with Crippen LogP contribution >= 0.6 is 11.3 Å². The number of benzene rings is 3. The van der Waals surface area contributed by atoms with Crippen LogP contribution < -0.4 is 5.32 Å². The van der Waals surface area contributed by atoms with E-state index >= 15 is 0 Å². The van der Waals surface area contributed by atoms with Gasteiger partial charge in [0.25, 0.3) is 5.91 Å². The quantitative estimate of drug-likeness (QED) is 0.338. The van der Waals surface area contributed by atoms with E-state index < -0.39 is 5.91 Å². The second kappa shape index (κ2) is 8.73. The number of nitrogens with one attached hydrogen (secondary N) is 1. The van der Waals surface area contributed by atoms with Crippen molar-refractivity contribution in [2.24, 2.45) is 0 Å². The van der Waals surface area contributed by atoms with Gasteiger partial charge in [-0.2, -0.15) is 5.26 Å². The van der Waals surface area contributed by atoms with Crippen molar-refractivity contribution >= 4 is 39.2 Å². The molecule has 0 saturated heterocycles. The number of amides is 1. The molecule has 0 atom stereocenters. The molecule has 0 saturated carbocycles. The zero-order chi connectivity index (χ0) is 20.9. The van der Waals surface area contributed by atoms with Crippen molar-refractivity contribution in [1.29, 1.82) is 5.26 Å². The topological polar surface area (TPSA) is 65.8 Å². The molecule has 0 fully saturated rings. The van der Waals surface area contributed by atoms with Crippen molar-refractivity contribution in [1.82, 2.24) is 4.98 Å². The number of fused-ring (bicyclic) bond motifs is 1. The van der Waals surface area contributed by atoms with Crippen LogP contribution in [0.4, 0.5) is 5.13 Å². The molecule has 30 heavy (non-hydrogen) atoms. The molecule has 1 N–H and O–H groups in total. The van der Waals surface area contributed by atoms with Gasteiger partial charge in [-0.3, -0.25) is 10.1 Å².